The molecular formula is C20H25ClN2O3S. The van der Waals surface area contributed by atoms with E-state index in [1.807, 2.05) is 32.9 Å². The summed E-state index contributed by atoms with van der Waals surface area (Å²) in [4.78, 5) is 12.2. The van der Waals surface area contributed by atoms with Gasteiger partial charge in [-0.3, -0.25) is 9.10 Å². The van der Waals surface area contributed by atoms with Gasteiger partial charge in [0.05, 0.1) is 11.9 Å². The SMILES string of the molecule is Cc1ccc(N(CCCC(=O)Nc2ccc(Cl)cc2C)S(C)(=O)=O)cc1C. The van der Waals surface area contributed by atoms with Crippen LogP contribution in [0.5, 0.6) is 0 Å². The lowest BCUT2D eigenvalue weighted by Gasteiger charge is -2.23. The molecule has 0 aliphatic heterocycles. The lowest BCUT2D eigenvalue weighted by Crippen LogP contribution is -2.31. The van der Waals surface area contributed by atoms with Gasteiger partial charge in [-0.05, 0) is 74.2 Å². The molecule has 27 heavy (non-hydrogen) atoms. The average molecular weight is 409 g/mol. The molecule has 0 heterocycles. The Balaban J connectivity index is 2.01. The minimum Gasteiger partial charge on any atom is -0.326 e. The monoisotopic (exact) mass is 408 g/mol. The normalized spacial score (nSPS) is 11.3. The number of halogens is 1. The molecule has 0 bridgehead atoms. The van der Waals surface area contributed by atoms with Gasteiger partial charge in [-0.2, -0.15) is 0 Å². The largest absolute Gasteiger partial charge is 0.326 e. The maximum Gasteiger partial charge on any atom is 0.232 e. The predicted octanol–water partition coefficient (Wildman–Crippen LogP) is 4.45. The fourth-order valence-electron chi connectivity index (χ4n) is 2.73. The molecule has 0 spiro atoms. The summed E-state index contributed by atoms with van der Waals surface area (Å²) in [6.45, 7) is 6.04. The highest BCUT2D eigenvalue weighted by Crippen LogP contribution is 2.22. The lowest BCUT2D eigenvalue weighted by molar-refractivity contribution is -0.116. The third-order valence-electron chi connectivity index (χ3n) is 4.41. The molecule has 146 valence electrons. The standard InChI is InChI=1S/C20H25ClN2O3S/c1-14-7-9-18(13-15(14)2)23(27(4,25)26)11-5-6-20(24)22-19-10-8-17(21)12-16(19)3/h7-10,12-13H,5-6,11H2,1-4H3,(H,22,24). The number of nitrogens with zero attached hydrogens (tertiary/aromatic N) is 1. The Bertz CT molecular complexity index is 942. The Morgan fingerprint density at radius 2 is 1.74 bits per heavy atom. The summed E-state index contributed by atoms with van der Waals surface area (Å²) in [5.74, 6) is -0.158. The minimum absolute atomic E-state index is 0.158. The quantitative estimate of drug-likeness (QED) is 0.735. The van der Waals surface area contributed by atoms with Crippen molar-refractivity contribution in [2.24, 2.45) is 0 Å². The third kappa shape index (κ3) is 5.97. The summed E-state index contributed by atoms with van der Waals surface area (Å²) in [6.07, 6.45) is 1.82. The van der Waals surface area contributed by atoms with Crippen LogP contribution in [0.1, 0.15) is 29.5 Å². The van der Waals surface area contributed by atoms with Crippen LogP contribution in [0.2, 0.25) is 5.02 Å². The number of nitrogens with one attached hydrogen (secondary N) is 1. The van der Waals surface area contributed by atoms with E-state index < -0.39 is 10.0 Å². The van der Waals surface area contributed by atoms with E-state index in [0.29, 0.717) is 22.8 Å². The van der Waals surface area contributed by atoms with Crippen LogP contribution in [-0.4, -0.2) is 27.1 Å². The molecule has 0 radical (unpaired) electrons. The van der Waals surface area contributed by atoms with Crippen LogP contribution >= 0.6 is 11.6 Å². The van der Waals surface area contributed by atoms with Crippen molar-refractivity contribution in [1.29, 1.82) is 0 Å². The van der Waals surface area contributed by atoms with Gasteiger partial charge in [-0.1, -0.05) is 17.7 Å². The van der Waals surface area contributed by atoms with E-state index in [1.165, 1.54) is 10.6 Å². The fraction of sp³-hybridized carbons (Fsp3) is 0.350. The smallest absolute Gasteiger partial charge is 0.232 e. The van der Waals surface area contributed by atoms with Gasteiger partial charge in [-0.25, -0.2) is 8.42 Å². The molecule has 0 fully saturated rings. The van der Waals surface area contributed by atoms with Crippen molar-refractivity contribution in [3.8, 4) is 0 Å². The van der Waals surface area contributed by atoms with Crippen molar-refractivity contribution in [2.45, 2.75) is 33.6 Å². The molecule has 0 aliphatic carbocycles. The molecule has 0 saturated carbocycles. The fourth-order valence-corrected chi connectivity index (χ4v) is 3.91. The molecule has 2 rings (SSSR count). The second-order valence-corrected chi connectivity index (χ2v) is 9.06. The number of amides is 1. The van der Waals surface area contributed by atoms with E-state index in [-0.39, 0.29) is 18.9 Å². The number of hydrogen-bond acceptors (Lipinski definition) is 3. The second-order valence-electron chi connectivity index (χ2n) is 6.71. The molecule has 0 aliphatic rings. The molecule has 1 N–H and O–H groups in total. The maximum absolute atomic E-state index is 12.2. The van der Waals surface area contributed by atoms with Gasteiger partial charge in [0.2, 0.25) is 15.9 Å². The molecule has 2 aromatic rings. The molecule has 1 amide bonds. The zero-order chi connectivity index (χ0) is 20.2. The van der Waals surface area contributed by atoms with Crippen molar-refractivity contribution in [3.63, 3.8) is 0 Å². The van der Waals surface area contributed by atoms with Crippen molar-refractivity contribution in [3.05, 3.63) is 58.1 Å². The Labute approximate surface area is 166 Å². The van der Waals surface area contributed by atoms with Gasteiger partial charge in [-0.15, -0.1) is 0 Å². The molecule has 0 saturated heterocycles. The zero-order valence-corrected chi connectivity index (χ0v) is 17.6. The second kappa shape index (κ2) is 8.76. The summed E-state index contributed by atoms with van der Waals surface area (Å²) >= 11 is 5.92. The van der Waals surface area contributed by atoms with Crippen molar-refractivity contribution in [2.75, 3.05) is 22.4 Å². The first kappa shape index (κ1) is 21.3. The zero-order valence-electron chi connectivity index (χ0n) is 16.0. The van der Waals surface area contributed by atoms with Crippen LogP contribution in [-0.2, 0) is 14.8 Å². The molecule has 0 atom stereocenters. The molecule has 2 aromatic carbocycles. The van der Waals surface area contributed by atoms with Crippen LogP contribution in [0.25, 0.3) is 0 Å². The van der Waals surface area contributed by atoms with Gasteiger partial charge in [0.15, 0.2) is 0 Å². The summed E-state index contributed by atoms with van der Waals surface area (Å²) in [5.41, 5.74) is 4.33. The molecule has 0 unspecified atom stereocenters. The van der Waals surface area contributed by atoms with E-state index in [9.17, 15) is 13.2 Å². The van der Waals surface area contributed by atoms with Gasteiger partial charge in [0.25, 0.3) is 0 Å². The van der Waals surface area contributed by atoms with Gasteiger partial charge < -0.3 is 5.32 Å². The van der Waals surface area contributed by atoms with Crippen LogP contribution < -0.4 is 9.62 Å². The Kier molecular flexibility index (Phi) is 6.89. The summed E-state index contributed by atoms with van der Waals surface area (Å²) < 4.78 is 25.7. The maximum atomic E-state index is 12.2. The highest BCUT2D eigenvalue weighted by Gasteiger charge is 2.18. The van der Waals surface area contributed by atoms with Crippen LogP contribution in [0.4, 0.5) is 11.4 Å². The number of carbonyl (C=O) groups excluding carboxylic acids is 1. The van der Waals surface area contributed by atoms with E-state index in [4.69, 9.17) is 11.6 Å². The number of hydrogen-bond donors (Lipinski definition) is 1. The van der Waals surface area contributed by atoms with Crippen molar-refractivity contribution >= 4 is 38.9 Å². The van der Waals surface area contributed by atoms with Crippen LogP contribution in [0, 0.1) is 20.8 Å². The summed E-state index contributed by atoms with van der Waals surface area (Å²) in [7, 11) is -3.43. The highest BCUT2D eigenvalue weighted by molar-refractivity contribution is 7.92. The molecule has 0 aromatic heterocycles. The van der Waals surface area contributed by atoms with Crippen LogP contribution in [0.3, 0.4) is 0 Å². The topological polar surface area (TPSA) is 66.5 Å². The Morgan fingerprint density at radius 3 is 2.33 bits per heavy atom. The first-order valence-electron chi connectivity index (χ1n) is 8.69. The number of benzene rings is 2. The van der Waals surface area contributed by atoms with Crippen molar-refractivity contribution < 1.29 is 13.2 Å². The lowest BCUT2D eigenvalue weighted by atomic mass is 10.1. The third-order valence-corrected chi connectivity index (χ3v) is 5.84. The molecule has 7 heteroatoms. The van der Waals surface area contributed by atoms with Gasteiger partial charge >= 0.3 is 0 Å². The number of sulfonamides is 1. The molecule has 5 nitrogen and oxygen atoms in total. The number of rotatable bonds is 7. The first-order valence-corrected chi connectivity index (χ1v) is 10.9. The number of aryl methyl sites for hydroxylation is 3. The van der Waals surface area contributed by atoms with Crippen molar-refractivity contribution in [1.82, 2.24) is 0 Å². The number of carbonyl (C=O) groups is 1. The minimum atomic E-state index is -3.43. The number of anilines is 2. The first-order chi connectivity index (χ1) is 12.6. The van der Waals surface area contributed by atoms with Gasteiger partial charge in [0.1, 0.15) is 0 Å². The Morgan fingerprint density at radius 1 is 1.04 bits per heavy atom. The molecular weight excluding hydrogens is 384 g/mol. The van der Waals surface area contributed by atoms with E-state index >= 15 is 0 Å². The van der Waals surface area contributed by atoms with E-state index in [1.54, 1.807) is 24.3 Å². The van der Waals surface area contributed by atoms with E-state index in [2.05, 4.69) is 5.32 Å². The van der Waals surface area contributed by atoms with Gasteiger partial charge in [0, 0.05) is 23.7 Å². The summed E-state index contributed by atoms with van der Waals surface area (Å²) in [6, 6.07) is 10.8. The summed E-state index contributed by atoms with van der Waals surface area (Å²) in [5, 5.41) is 3.45. The van der Waals surface area contributed by atoms with E-state index in [0.717, 1.165) is 16.7 Å². The van der Waals surface area contributed by atoms with Crippen LogP contribution in [0.15, 0.2) is 36.4 Å². The highest BCUT2D eigenvalue weighted by atomic mass is 35.5. The Hall–Kier alpha value is -2.05. The predicted molar refractivity (Wildman–Crippen MR) is 112 cm³/mol. The average Bonchev–Trinajstić information content (AvgIpc) is 2.56.